The van der Waals surface area contributed by atoms with Crippen LogP contribution in [0.5, 0.6) is 0 Å². The van der Waals surface area contributed by atoms with E-state index in [1.165, 1.54) is 0 Å². The van der Waals surface area contributed by atoms with Crippen LogP contribution in [0, 0.1) is 0 Å². The molecule has 1 aliphatic heterocycles. The fraction of sp³-hybridized carbons (Fsp3) is 0.818. The van der Waals surface area contributed by atoms with Gasteiger partial charge in [-0.3, -0.25) is 0 Å². The highest BCUT2D eigenvalue weighted by atomic mass is 16.6. The first-order valence-electron chi connectivity index (χ1n) is 5.92. The van der Waals surface area contributed by atoms with Crippen LogP contribution < -0.4 is 5.32 Å². The molecule has 0 aromatic carbocycles. The normalized spacial score (nSPS) is 21.7. The van der Waals surface area contributed by atoms with Crippen molar-refractivity contribution in [1.29, 1.82) is 0 Å². The van der Waals surface area contributed by atoms with Crippen LogP contribution in [-0.2, 0) is 15.0 Å². The molecule has 0 aliphatic carbocycles. The van der Waals surface area contributed by atoms with Gasteiger partial charge in [-0.25, -0.2) is 0 Å². The standard InChI is InChI=1S/C11H19N3O3/c1-4-12-11(2,3)10-13-9(14-17-10)8-7-15-5-6-16-8/h8,12H,4-7H2,1-3H3. The van der Waals surface area contributed by atoms with E-state index in [2.05, 4.69) is 15.5 Å². The first kappa shape index (κ1) is 12.5. The lowest BCUT2D eigenvalue weighted by atomic mass is 10.1. The van der Waals surface area contributed by atoms with Gasteiger partial charge in [0.1, 0.15) is 6.10 Å². The minimum Gasteiger partial charge on any atom is -0.376 e. The maximum Gasteiger partial charge on any atom is 0.246 e. The zero-order chi connectivity index (χ0) is 12.3. The van der Waals surface area contributed by atoms with Crippen molar-refractivity contribution in [3.8, 4) is 0 Å². The van der Waals surface area contributed by atoms with E-state index in [1.54, 1.807) is 0 Å². The largest absolute Gasteiger partial charge is 0.376 e. The third kappa shape index (κ3) is 2.83. The van der Waals surface area contributed by atoms with Crippen LogP contribution in [0.15, 0.2) is 4.52 Å². The van der Waals surface area contributed by atoms with E-state index in [9.17, 15) is 0 Å². The predicted molar refractivity (Wildman–Crippen MR) is 60.5 cm³/mol. The molecule has 1 N–H and O–H groups in total. The third-order valence-corrected chi connectivity index (χ3v) is 2.70. The summed E-state index contributed by atoms with van der Waals surface area (Å²) in [6.45, 7) is 8.58. The summed E-state index contributed by atoms with van der Waals surface area (Å²) in [7, 11) is 0. The quantitative estimate of drug-likeness (QED) is 0.848. The summed E-state index contributed by atoms with van der Waals surface area (Å²) in [5.41, 5.74) is -0.324. The van der Waals surface area contributed by atoms with Crippen molar-refractivity contribution < 1.29 is 14.0 Å². The second kappa shape index (κ2) is 5.12. The minimum absolute atomic E-state index is 0.210. The van der Waals surface area contributed by atoms with Crippen molar-refractivity contribution in [3.05, 3.63) is 11.7 Å². The van der Waals surface area contributed by atoms with Gasteiger partial charge in [0.05, 0.1) is 25.4 Å². The Morgan fingerprint density at radius 2 is 2.24 bits per heavy atom. The molecule has 1 atom stereocenters. The fourth-order valence-corrected chi connectivity index (χ4v) is 1.77. The van der Waals surface area contributed by atoms with Gasteiger partial charge < -0.3 is 19.3 Å². The molecule has 0 amide bonds. The summed E-state index contributed by atoms with van der Waals surface area (Å²) >= 11 is 0. The molecule has 0 spiro atoms. The Balaban J connectivity index is 2.09. The number of hydrogen-bond acceptors (Lipinski definition) is 6. The molecule has 1 aliphatic rings. The molecule has 17 heavy (non-hydrogen) atoms. The third-order valence-electron chi connectivity index (χ3n) is 2.70. The van der Waals surface area contributed by atoms with Gasteiger partial charge in [-0.05, 0) is 20.4 Å². The molecule has 1 unspecified atom stereocenters. The Bertz CT molecular complexity index is 359. The van der Waals surface area contributed by atoms with Crippen LogP contribution in [0.25, 0.3) is 0 Å². The summed E-state index contributed by atoms with van der Waals surface area (Å²) in [4.78, 5) is 4.38. The molecule has 0 radical (unpaired) electrons. The van der Waals surface area contributed by atoms with E-state index >= 15 is 0 Å². The highest BCUT2D eigenvalue weighted by Crippen LogP contribution is 2.22. The Kier molecular flexibility index (Phi) is 3.76. The molecule has 2 heterocycles. The summed E-state index contributed by atoms with van der Waals surface area (Å²) < 4.78 is 16.1. The van der Waals surface area contributed by atoms with Crippen molar-refractivity contribution in [1.82, 2.24) is 15.5 Å². The van der Waals surface area contributed by atoms with Crippen molar-refractivity contribution in [2.45, 2.75) is 32.4 Å². The van der Waals surface area contributed by atoms with Crippen LogP contribution in [0.4, 0.5) is 0 Å². The first-order valence-corrected chi connectivity index (χ1v) is 5.92. The molecule has 0 bridgehead atoms. The molecular weight excluding hydrogens is 222 g/mol. The summed E-state index contributed by atoms with van der Waals surface area (Å²) in [5.74, 6) is 1.13. The number of rotatable bonds is 4. The van der Waals surface area contributed by atoms with Crippen molar-refractivity contribution in [2.75, 3.05) is 26.4 Å². The van der Waals surface area contributed by atoms with Crippen LogP contribution in [0.2, 0.25) is 0 Å². The molecule has 1 fully saturated rings. The van der Waals surface area contributed by atoms with Crippen LogP contribution in [0.3, 0.4) is 0 Å². The molecular formula is C11H19N3O3. The molecule has 2 rings (SSSR count). The Labute approximate surface area is 101 Å². The number of nitrogens with zero attached hydrogens (tertiary/aromatic N) is 2. The number of aromatic nitrogens is 2. The van der Waals surface area contributed by atoms with Crippen molar-refractivity contribution in [2.24, 2.45) is 0 Å². The molecule has 6 heteroatoms. The van der Waals surface area contributed by atoms with Crippen molar-refractivity contribution in [3.63, 3.8) is 0 Å². The predicted octanol–water partition coefficient (Wildman–Crippen LogP) is 1.00. The van der Waals surface area contributed by atoms with Gasteiger partial charge in [-0.2, -0.15) is 4.98 Å². The van der Waals surface area contributed by atoms with E-state index in [-0.39, 0.29) is 11.6 Å². The van der Waals surface area contributed by atoms with E-state index in [1.807, 2.05) is 20.8 Å². The topological polar surface area (TPSA) is 69.4 Å². The van der Waals surface area contributed by atoms with E-state index < -0.39 is 0 Å². The Morgan fingerprint density at radius 1 is 1.41 bits per heavy atom. The SMILES string of the molecule is CCNC(C)(C)c1nc(C2COCCO2)no1. The summed E-state index contributed by atoms with van der Waals surface area (Å²) in [5, 5.41) is 7.24. The average molecular weight is 241 g/mol. The van der Waals surface area contributed by atoms with Crippen LogP contribution in [-0.4, -0.2) is 36.5 Å². The molecule has 6 nitrogen and oxygen atoms in total. The Morgan fingerprint density at radius 3 is 2.88 bits per heavy atom. The lowest BCUT2D eigenvalue weighted by Crippen LogP contribution is -2.36. The number of ether oxygens (including phenoxy) is 2. The summed E-state index contributed by atoms with van der Waals surface area (Å²) in [6, 6.07) is 0. The number of nitrogens with one attached hydrogen (secondary N) is 1. The van der Waals surface area contributed by atoms with Gasteiger partial charge in [0, 0.05) is 0 Å². The van der Waals surface area contributed by atoms with E-state index in [0.29, 0.717) is 31.5 Å². The van der Waals surface area contributed by atoms with E-state index in [0.717, 1.165) is 6.54 Å². The second-order valence-corrected chi connectivity index (χ2v) is 4.55. The molecule has 96 valence electrons. The van der Waals surface area contributed by atoms with E-state index in [4.69, 9.17) is 14.0 Å². The minimum atomic E-state index is -0.324. The maximum atomic E-state index is 5.52. The zero-order valence-electron chi connectivity index (χ0n) is 10.5. The maximum absolute atomic E-state index is 5.52. The average Bonchev–Trinajstić information content (AvgIpc) is 2.80. The Hall–Kier alpha value is -0.980. The molecule has 1 aromatic heterocycles. The molecule has 1 saturated heterocycles. The van der Waals surface area contributed by atoms with Crippen LogP contribution >= 0.6 is 0 Å². The van der Waals surface area contributed by atoms with Crippen LogP contribution in [0.1, 0.15) is 38.6 Å². The van der Waals surface area contributed by atoms with Gasteiger partial charge in [0.25, 0.3) is 0 Å². The zero-order valence-corrected chi connectivity index (χ0v) is 10.5. The van der Waals surface area contributed by atoms with Gasteiger partial charge in [-0.15, -0.1) is 0 Å². The highest BCUT2D eigenvalue weighted by molar-refractivity contribution is 5.01. The fourth-order valence-electron chi connectivity index (χ4n) is 1.77. The lowest BCUT2D eigenvalue weighted by molar-refractivity contribution is -0.0941. The summed E-state index contributed by atoms with van der Waals surface area (Å²) in [6.07, 6.45) is -0.210. The number of hydrogen-bond donors (Lipinski definition) is 1. The first-order chi connectivity index (χ1) is 8.13. The van der Waals surface area contributed by atoms with Gasteiger partial charge >= 0.3 is 0 Å². The molecule has 0 saturated carbocycles. The monoisotopic (exact) mass is 241 g/mol. The van der Waals surface area contributed by atoms with Gasteiger partial charge in [-0.1, -0.05) is 12.1 Å². The smallest absolute Gasteiger partial charge is 0.246 e. The highest BCUT2D eigenvalue weighted by Gasteiger charge is 2.29. The lowest BCUT2D eigenvalue weighted by Gasteiger charge is -2.21. The van der Waals surface area contributed by atoms with Gasteiger partial charge in [0.15, 0.2) is 0 Å². The van der Waals surface area contributed by atoms with Crippen molar-refractivity contribution >= 4 is 0 Å². The molecule has 1 aromatic rings. The van der Waals surface area contributed by atoms with Gasteiger partial charge in [0.2, 0.25) is 11.7 Å². The second-order valence-electron chi connectivity index (χ2n) is 4.55.